The molecule has 21 heavy (non-hydrogen) atoms. The molecule has 112 valence electrons. The number of hydrogen-bond donors (Lipinski definition) is 1. The molecule has 0 aliphatic carbocycles. The van der Waals surface area contributed by atoms with Crippen LogP contribution in [0.2, 0.25) is 5.02 Å². The molecule has 0 saturated heterocycles. The van der Waals surface area contributed by atoms with Crippen LogP contribution < -0.4 is 0 Å². The van der Waals surface area contributed by atoms with Crippen LogP contribution in [-0.2, 0) is 17.7 Å². The van der Waals surface area contributed by atoms with E-state index in [1.54, 1.807) is 4.90 Å². The normalized spacial score (nSPS) is 15.1. The van der Waals surface area contributed by atoms with Gasteiger partial charge in [-0.05, 0) is 44.9 Å². The molecular weight excluding hydrogens is 288 g/mol. The Balaban J connectivity index is 1.86. The maximum atomic E-state index is 12.2. The van der Waals surface area contributed by atoms with E-state index in [-0.39, 0.29) is 6.09 Å². The summed E-state index contributed by atoms with van der Waals surface area (Å²) in [6.07, 6.45) is 0.570. The van der Waals surface area contributed by atoms with Crippen LogP contribution in [0.1, 0.15) is 32.0 Å². The molecule has 0 radical (unpaired) electrons. The lowest BCUT2D eigenvalue weighted by atomic mass is 10.0. The smallest absolute Gasteiger partial charge is 0.410 e. The lowest BCUT2D eigenvalue weighted by Gasteiger charge is -2.30. The molecule has 1 aliphatic heterocycles. The first-order valence-corrected chi connectivity index (χ1v) is 7.48. The van der Waals surface area contributed by atoms with E-state index >= 15 is 0 Å². The van der Waals surface area contributed by atoms with Gasteiger partial charge in [0.2, 0.25) is 0 Å². The second-order valence-corrected chi connectivity index (χ2v) is 6.86. The number of halogens is 1. The van der Waals surface area contributed by atoms with Crippen LogP contribution in [0.25, 0.3) is 10.9 Å². The van der Waals surface area contributed by atoms with Crippen molar-refractivity contribution in [3.63, 3.8) is 0 Å². The minimum atomic E-state index is -0.467. The summed E-state index contributed by atoms with van der Waals surface area (Å²) in [6, 6.07) is 5.86. The summed E-state index contributed by atoms with van der Waals surface area (Å²) in [7, 11) is 0. The number of H-pyrrole nitrogens is 1. The number of benzene rings is 1. The molecule has 1 amide bonds. The molecule has 0 bridgehead atoms. The van der Waals surface area contributed by atoms with Crippen molar-refractivity contribution in [1.82, 2.24) is 9.88 Å². The first-order chi connectivity index (χ1) is 9.83. The quantitative estimate of drug-likeness (QED) is 0.796. The third kappa shape index (κ3) is 2.86. The molecule has 0 fully saturated rings. The minimum Gasteiger partial charge on any atom is -0.444 e. The topological polar surface area (TPSA) is 45.3 Å². The largest absolute Gasteiger partial charge is 0.444 e. The zero-order valence-electron chi connectivity index (χ0n) is 12.5. The molecule has 0 unspecified atom stereocenters. The Morgan fingerprint density at radius 2 is 2.14 bits per heavy atom. The van der Waals surface area contributed by atoms with Gasteiger partial charge in [-0.15, -0.1) is 0 Å². The Morgan fingerprint density at radius 3 is 2.86 bits per heavy atom. The number of rotatable bonds is 0. The van der Waals surface area contributed by atoms with E-state index < -0.39 is 5.60 Å². The Labute approximate surface area is 129 Å². The number of aromatic nitrogens is 1. The second kappa shape index (κ2) is 4.95. The zero-order valence-corrected chi connectivity index (χ0v) is 13.3. The lowest BCUT2D eigenvalue weighted by molar-refractivity contribution is 0.0222. The molecule has 2 aromatic rings. The first kappa shape index (κ1) is 14.3. The van der Waals surface area contributed by atoms with Crippen molar-refractivity contribution in [2.45, 2.75) is 39.3 Å². The molecule has 3 rings (SSSR count). The molecule has 1 N–H and O–H groups in total. The standard InChI is InChI=1S/C16H19ClN2O2/c1-16(2,3)21-15(20)19-7-6-12-11-5-4-10(17)8-13(11)18-14(12)9-19/h4-5,8,18H,6-7,9H2,1-3H3. The van der Waals surface area contributed by atoms with Crippen LogP contribution in [-0.4, -0.2) is 28.1 Å². The van der Waals surface area contributed by atoms with Crippen molar-refractivity contribution >= 4 is 28.6 Å². The highest BCUT2D eigenvalue weighted by Gasteiger charge is 2.27. The van der Waals surface area contributed by atoms with Crippen LogP contribution in [0, 0.1) is 0 Å². The average Bonchev–Trinajstić information content (AvgIpc) is 2.72. The maximum absolute atomic E-state index is 12.2. The monoisotopic (exact) mass is 306 g/mol. The van der Waals surface area contributed by atoms with Gasteiger partial charge in [0.15, 0.2) is 0 Å². The van der Waals surface area contributed by atoms with E-state index in [1.165, 1.54) is 10.9 Å². The van der Waals surface area contributed by atoms with Gasteiger partial charge in [0.05, 0.1) is 6.54 Å². The molecule has 4 nitrogen and oxygen atoms in total. The van der Waals surface area contributed by atoms with E-state index in [1.807, 2.05) is 39.0 Å². The lowest BCUT2D eigenvalue weighted by Crippen LogP contribution is -2.39. The predicted octanol–water partition coefficient (Wildman–Crippen LogP) is 4.11. The van der Waals surface area contributed by atoms with Crippen molar-refractivity contribution in [2.24, 2.45) is 0 Å². The molecule has 0 atom stereocenters. The maximum Gasteiger partial charge on any atom is 0.410 e. The van der Waals surface area contributed by atoms with Crippen molar-refractivity contribution in [3.8, 4) is 0 Å². The van der Waals surface area contributed by atoms with Gasteiger partial charge in [-0.3, -0.25) is 0 Å². The number of carbonyl (C=O) groups excluding carboxylic acids is 1. The van der Waals surface area contributed by atoms with Crippen molar-refractivity contribution in [2.75, 3.05) is 6.54 Å². The van der Waals surface area contributed by atoms with E-state index in [2.05, 4.69) is 4.98 Å². The van der Waals surface area contributed by atoms with Gasteiger partial charge in [-0.1, -0.05) is 17.7 Å². The van der Waals surface area contributed by atoms with Gasteiger partial charge in [-0.2, -0.15) is 0 Å². The van der Waals surface area contributed by atoms with Crippen molar-refractivity contribution in [3.05, 3.63) is 34.5 Å². The highest BCUT2D eigenvalue weighted by atomic mass is 35.5. The molecule has 1 aliphatic rings. The summed E-state index contributed by atoms with van der Waals surface area (Å²) < 4.78 is 5.44. The van der Waals surface area contributed by atoms with Crippen LogP contribution in [0.3, 0.4) is 0 Å². The van der Waals surface area contributed by atoms with Crippen molar-refractivity contribution < 1.29 is 9.53 Å². The fourth-order valence-electron chi connectivity index (χ4n) is 2.70. The van der Waals surface area contributed by atoms with E-state index in [0.29, 0.717) is 18.1 Å². The summed E-state index contributed by atoms with van der Waals surface area (Å²) in [6.45, 7) is 6.87. The number of amides is 1. The number of hydrogen-bond acceptors (Lipinski definition) is 2. The van der Waals surface area contributed by atoms with Crippen molar-refractivity contribution in [1.29, 1.82) is 0 Å². The van der Waals surface area contributed by atoms with Gasteiger partial charge in [0.25, 0.3) is 0 Å². The number of nitrogens with zero attached hydrogens (tertiary/aromatic N) is 1. The van der Waals surface area contributed by atoms with E-state index in [0.717, 1.165) is 17.6 Å². The van der Waals surface area contributed by atoms with E-state index in [9.17, 15) is 4.79 Å². The SMILES string of the molecule is CC(C)(C)OC(=O)N1CCc2c([nH]c3cc(Cl)ccc23)C1. The third-order valence-corrected chi connectivity index (χ3v) is 3.82. The summed E-state index contributed by atoms with van der Waals surface area (Å²) in [5, 5.41) is 1.91. The molecule has 1 aromatic heterocycles. The Hall–Kier alpha value is -1.68. The summed E-state index contributed by atoms with van der Waals surface area (Å²) >= 11 is 6.03. The molecule has 2 heterocycles. The fraction of sp³-hybridized carbons (Fsp3) is 0.438. The molecular formula is C16H19ClN2O2. The highest BCUT2D eigenvalue weighted by Crippen LogP contribution is 2.29. The van der Waals surface area contributed by atoms with Crippen LogP contribution in [0.5, 0.6) is 0 Å². The Kier molecular flexibility index (Phi) is 3.36. The predicted molar refractivity (Wildman–Crippen MR) is 83.7 cm³/mol. The van der Waals surface area contributed by atoms with Gasteiger partial charge < -0.3 is 14.6 Å². The minimum absolute atomic E-state index is 0.259. The Bertz CT molecular complexity index is 700. The van der Waals surface area contributed by atoms with E-state index in [4.69, 9.17) is 16.3 Å². The number of nitrogens with one attached hydrogen (secondary N) is 1. The molecule has 5 heteroatoms. The summed E-state index contributed by atoms with van der Waals surface area (Å²) in [5.41, 5.74) is 2.91. The second-order valence-electron chi connectivity index (χ2n) is 6.42. The number of aromatic amines is 1. The highest BCUT2D eigenvalue weighted by molar-refractivity contribution is 6.31. The molecule has 0 spiro atoms. The summed E-state index contributed by atoms with van der Waals surface area (Å²) in [4.78, 5) is 17.3. The number of fused-ring (bicyclic) bond motifs is 3. The molecule has 0 saturated carbocycles. The van der Waals surface area contributed by atoms with Crippen LogP contribution in [0.15, 0.2) is 18.2 Å². The van der Waals surface area contributed by atoms with Gasteiger partial charge in [0, 0.05) is 28.2 Å². The molecule has 1 aromatic carbocycles. The van der Waals surface area contributed by atoms with Gasteiger partial charge in [0.1, 0.15) is 5.60 Å². The third-order valence-electron chi connectivity index (χ3n) is 3.59. The fourth-order valence-corrected chi connectivity index (χ4v) is 2.88. The van der Waals surface area contributed by atoms with Crippen LogP contribution >= 0.6 is 11.6 Å². The van der Waals surface area contributed by atoms with Gasteiger partial charge >= 0.3 is 6.09 Å². The summed E-state index contributed by atoms with van der Waals surface area (Å²) in [5.74, 6) is 0. The number of ether oxygens (including phenoxy) is 1. The number of carbonyl (C=O) groups is 1. The Morgan fingerprint density at radius 1 is 1.38 bits per heavy atom. The zero-order chi connectivity index (χ0) is 15.2. The average molecular weight is 307 g/mol. The van der Waals surface area contributed by atoms with Gasteiger partial charge in [-0.25, -0.2) is 4.79 Å². The first-order valence-electron chi connectivity index (χ1n) is 7.10. The van der Waals surface area contributed by atoms with Crippen LogP contribution in [0.4, 0.5) is 4.79 Å².